The average molecular weight is 592 g/mol. The third-order valence-corrected chi connectivity index (χ3v) is 7.67. The second-order valence-corrected chi connectivity index (χ2v) is 12.2. The van der Waals surface area contributed by atoms with Crippen molar-refractivity contribution in [1.29, 1.82) is 0 Å². The number of halogens is 1. The van der Waals surface area contributed by atoms with E-state index in [1.54, 1.807) is 33.0 Å². The van der Waals surface area contributed by atoms with Crippen LogP contribution in [-0.4, -0.2) is 39.7 Å². The fraction of sp³-hybridized carbons (Fsp3) is 0.314. The molecule has 6 rings (SSSR count). The third kappa shape index (κ3) is 6.71. The van der Waals surface area contributed by atoms with Crippen molar-refractivity contribution in [2.45, 2.75) is 52.3 Å². The Morgan fingerprint density at radius 2 is 1.93 bits per heavy atom. The molecule has 1 aliphatic heterocycles. The summed E-state index contributed by atoms with van der Waals surface area (Å²) in [4.78, 5) is 30.5. The molecule has 3 aromatic heterocycles. The Balaban J connectivity index is 1.27. The number of amides is 1. The van der Waals surface area contributed by atoms with Gasteiger partial charge in [-0.1, -0.05) is 30.3 Å². The molecule has 9 heteroatoms. The summed E-state index contributed by atoms with van der Waals surface area (Å²) in [6.07, 6.45) is 6.50. The molecule has 1 unspecified atom stereocenters. The highest BCUT2D eigenvalue weighted by Crippen LogP contribution is 2.36. The summed E-state index contributed by atoms with van der Waals surface area (Å²) in [5, 5.41) is 5.14. The van der Waals surface area contributed by atoms with E-state index in [0.717, 1.165) is 64.7 Å². The predicted octanol–water partition coefficient (Wildman–Crippen LogP) is 7.69. The van der Waals surface area contributed by atoms with Crippen LogP contribution in [0.2, 0.25) is 0 Å². The molecule has 8 nitrogen and oxygen atoms in total. The van der Waals surface area contributed by atoms with Crippen molar-refractivity contribution in [2.75, 3.05) is 18.0 Å². The van der Waals surface area contributed by atoms with Gasteiger partial charge in [0.1, 0.15) is 28.5 Å². The maximum Gasteiger partial charge on any atom is 0.728 e. The van der Waals surface area contributed by atoms with Crippen LogP contribution in [0.25, 0.3) is 37.9 Å². The number of carbonyl (C=O) groups is 1. The minimum atomic E-state index is -0.640. The first kappa shape index (κ1) is 29.3. The number of anilines is 1. The maximum absolute atomic E-state index is 15.6. The summed E-state index contributed by atoms with van der Waals surface area (Å²) >= 11 is 0. The highest BCUT2D eigenvalue weighted by Gasteiger charge is 2.28. The Labute approximate surface area is 256 Å². The predicted molar refractivity (Wildman–Crippen MR) is 172 cm³/mol. The number of piperidine rings is 1. The summed E-state index contributed by atoms with van der Waals surface area (Å²) < 4.78 is 20.9. The number of pyridine rings is 2. The SMILES string of the molecule is CC(C)(C)OC(=O)[N+]#CC1CCCN(c2ccnc3c(F)cc(-c4c[nH]c5ncc(CNCc6ccccc6)cc45)cc23)C1. The number of ether oxygens (including phenoxy) is 1. The lowest BCUT2D eigenvalue weighted by Gasteiger charge is -2.31. The molecule has 4 heterocycles. The summed E-state index contributed by atoms with van der Waals surface area (Å²) in [5.74, 6) is -0.435. The molecule has 44 heavy (non-hydrogen) atoms. The Morgan fingerprint density at radius 1 is 1.11 bits per heavy atom. The van der Waals surface area contributed by atoms with E-state index in [2.05, 4.69) is 54.3 Å². The molecule has 2 N–H and O–H groups in total. The zero-order valence-electron chi connectivity index (χ0n) is 25.2. The summed E-state index contributed by atoms with van der Waals surface area (Å²) in [6.45, 7) is 8.24. The van der Waals surface area contributed by atoms with Crippen LogP contribution in [0.5, 0.6) is 0 Å². The minimum Gasteiger partial charge on any atom is -0.392 e. The molecule has 0 spiro atoms. The van der Waals surface area contributed by atoms with Gasteiger partial charge in [-0.2, -0.15) is 4.79 Å². The highest BCUT2D eigenvalue weighted by atomic mass is 19.1. The largest absolute Gasteiger partial charge is 0.728 e. The zero-order valence-corrected chi connectivity index (χ0v) is 25.2. The van der Waals surface area contributed by atoms with Crippen LogP contribution < -0.4 is 10.2 Å². The molecule has 1 aliphatic rings. The van der Waals surface area contributed by atoms with Crippen LogP contribution in [0.4, 0.5) is 14.9 Å². The molecule has 0 aliphatic carbocycles. The Morgan fingerprint density at radius 3 is 2.75 bits per heavy atom. The van der Waals surface area contributed by atoms with Gasteiger partial charge in [0.05, 0.1) is 4.85 Å². The van der Waals surface area contributed by atoms with E-state index < -0.39 is 11.7 Å². The number of carbonyl (C=O) groups excluding carboxylic acids is 1. The molecule has 224 valence electrons. The fourth-order valence-electron chi connectivity index (χ4n) is 5.69. The van der Waals surface area contributed by atoms with Gasteiger partial charge in [0, 0.05) is 66.8 Å². The summed E-state index contributed by atoms with van der Waals surface area (Å²) in [5.41, 5.74) is 5.24. The Bertz CT molecular complexity index is 1870. The molecular formula is C35H36FN6O2+. The third-order valence-electron chi connectivity index (χ3n) is 7.67. The van der Waals surface area contributed by atoms with Gasteiger partial charge in [0.2, 0.25) is 0 Å². The van der Waals surface area contributed by atoms with Crippen LogP contribution in [0.3, 0.4) is 0 Å². The second kappa shape index (κ2) is 12.4. The lowest BCUT2D eigenvalue weighted by Crippen LogP contribution is -2.35. The van der Waals surface area contributed by atoms with Gasteiger partial charge < -0.3 is 19.9 Å². The Kier molecular flexibility index (Phi) is 8.27. The molecular weight excluding hydrogens is 555 g/mol. The van der Waals surface area contributed by atoms with Gasteiger partial charge in [-0.25, -0.2) is 9.37 Å². The number of benzene rings is 2. The van der Waals surface area contributed by atoms with Gasteiger partial charge in [0.15, 0.2) is 0 Å². The number of aromatic amines is 1. The number of rotatable bonds is 6. The topological polar surface area (TPSA) is 87.5 Å². The van der Waals surface area contributed by atoms with Crippen LogP contribution >= 0.6 is 0 Å². The van der Waals surface area contributed by atoms with Gasteiger partial charge in [0.25, 0.3) is 6.07 Å². The van der Waals surface area contributed by atoms with Crippen LogP contribution in [0, 0.1) is 17.8 Å². The zero-order chi connectivity index (χ0) is 30.7. The molecule has 0 saturated carbocycles. The average Bonchev–Trinajstić information content (AvgIpc) is 3.43. The van der Waals surface area contributed by atoms with E-state index in [0.29, 0.717) is 18.6 Å². The summed E-state index contributed by atoms with van der Waals surface area (Å²) in [6, 6.07) is 20.8. The standard InChI is InChI=1S/C35H36FN6O2/c1-35(2,3)44-34(43)41-19-24-10-7-13-42(22-24)31-11-12-38-32-28(31)15-26(16-30(32)36)29-21-40-33-27(29)14-25(20-39-33)18-37-17-23-8-5-4-6-9-23/h4-6,8-9,11-12,14-16,20-21,24,37H,7,10,13,17-18,22H2,1-3H3,(H,39,40)/q+1. The second-order valence-electron chi connectivity index (χ2n) is 12.2. The molecule has 0 bridgehead atoms. The van der Waals surface area contributed by atoms with Gasteiger partial charge >= 0.3 is 6.09 Å². The number of fused-ring (bicyclic) bond motifs is 2. The van der Waals surface area contributed by atoms with E-state index >= 15 is 4.39 Å². The van der Waals surface area contributed by atoms with Crippen LogP contribution in [-0.2, 0) is 17.8 Å². The lowest BCUT2D eigenvalue weighted by atomic mass is 9.97. The molecule has 1 amide bonds. The molecule has 1 saturated heterocycles. The molecule has 0 radical (unpaired) electrons. The van der Waals surface area contributed by atoms with Crippen LogP contribution in [0.15, 0.2) is 73.2 Å². The van der Waals surface area contributed by atoms with Gasteiger partial charge in [-0.3, -0.25) is 4.98 Å². The number of aromatic nitrogens is 3. The van der Waals surface area contributed by atoms with E-state index in [9.17, 15) is 4.79 Å². The van der Waals surface area contributed by atoms with E-state index in [1.165, 1.54) is 5.56 Å². The van der Waals surface area contributed by atoms with E-state index in [-0.39, 0.29) is 11.7 Å². The quantitative estimate of drug-likeness (QED) is 0.211. The smallest absolute Gasteiger partial charge is 0.392 e. The molecule has 1 fully saturated rings. The fourth-order valence-corrected chi connectivity index (χ4v) is 5.69. The van der Waals surface area contributed by atoms with Crippen molar-refractivity contribution in [2.24, 2.45) is 5.92 Å². The van der Waals surface area contributed by atoms with E-state index in [4.69, 9.17) is 4.74 Å². The van der Waals surface area contributed by atoms with Crippen molar-refractivity contribution < 1.29 is 13.9 Å². The van der Waals surface area contributed by atoms with Gasteiger partial charge in [-0.15, -0.1) is 0 Å². The number of hydrogen-bond acceptors (Lipinski definition) is 6. The van der Waals surface area contributed by atoms with Crippen molar-refractivity contribution >= 4 is 33.7 Å². The van der Waals surface area contributed by atoms with Crippen molar-refractivity contribution in [3.63, 3.8) is 0 Å². The molecule has 5 aromatic rings. The first-order valence-corrected chi connectivity index (χ1v) is 15.0. The highest BCUT2D eigenvalue weighted by molar-refractivity contribution is 6.00. The molecule has 2 aromatic carbocycles. The number of H-pyrrole nitrogens is 1. The number of hydrogen-bond donors (Lipinski definition) is 2. The monoisotopic (exact) mass is 591 g/mol. The minimum absolute atomic E-state index is 0.0545. The van der Waals surface area contributed by atoms with Crippen LogP contribution in [0.1, 0.15) is 44.7 Å². The van der Waals surface area contributed by atoms with Crippen molar-refractivity contribution in [3.05, 3.63) is 95.0 Å². The number of nitrogens with zero attached hydrogens (tertiary/aromatic N) is 4. The Hall–Kier alpha value is -4.81. The van der Waals surface area contributed by atoms with Crippen molar-refractivity contribution in [1.82, 2.24) is 20.3 Å². The lowest BCUT2D eigenvalue weighted by molar-refractivity contribution is 0.0664. The first-order valence-electron chi connectivity index (χ1n) is 15.0. The first-order chi connectivity index (χ1) is 21.2. The number of nitrogens with one attached hydrogen (secondary N) is 2. The normalized spacial score (nSPS) is 15.3. The van der Waals surface area contributed by atoms with Crippen molar-refractivity contribution in [3.8, 4) is 17.2 Å². The van der Waals surface area contributed by atoms with E-state index in [1.807, 2.05) is 42.7 Å². The van der Waals surface area contributed by atoms with Gasteiger partial charge in [-0.05, 0) is 74.6 Å². The molecule has 1 atom stereocenters. The summed E-state index contributed by atoms with van der Waals surface area (Å²) in [7, 11) is 0. The maximum atomic E-state index is 15.6.